The van der Waals surface area contributed by atoms with E-state index in [9.17, 15) is 0 Å². The number of aromatic nitrogens is 2. The molecule has 0 aliphatic carbocycles. The van der Waals surface area contributed by atoms with Gasteiger partial charge in [0, 0.05) is 17.2 Å². The molecule has 0 radical (unpaired) electrons. The van der Waals surface area contributed by atoms with Crippen LogP contribution in [0.1, 0.15) is 5.56 Å². The Morgan fingerprint density at radius 3 is 2.12 bits per heavy atom. The maximum absolute atomic E-state index is 6.21. The highest BCUT2D eigenvalue weighted by molar-refractivity contribution is 6.29. The summed E-state index contributed by atoms with van der Waals surface area (Å²) in [5.74, 6) is 1.82. The third kappa shape index (κ3) is 3.34. The summed E-state index contributed by atoms with van der Waals surface area (Å²) in [7, 11) is 3.20. The first-order valence-electron chi connectivity index (χ1n) is 7.44. The minimum atomic E-state index is 0.394. The average Bonchev–Trinajstić information content (AvgIpc) is 2.61. The molecule has 122 valence electrons. The Bertz CT molecular complexity index is 864. The number of ether oxygens (including phenoxy) is 2. The largest absolute Gasteiger partial charge is 0.493 e. The summed E-state index contributed by atoms with van der Waals surface area (Å²) in [6, 6.07) is 15.4. The Hall–Kier alpha value is -2.59. The smallest absolute Gasteiger partial charge is 0.161 e. The number of benzene rings is 2. The number of hydrogen-bond acceptors (Lipinski definition) is 4. The van der Waals surface area contributed by atoms with Crippen LogP contribution >= 0.6 is 11.6 Å². The van der Waals surface area contributed by atoms with Gasteiger partial charge in [0.1, 0.15) is 5.15 Å². The molecule has 0 saturated heterocycles. The van der Waals surface area contributed by atoms with Gasteiger partial charge < -0.3 is 9.47 Å². The number of aryl methyl sites for hydroxylation is 1. The van der Waals surface area contributed by atoms with Crippen molar-refractivity contribution < 1.29 is 9.47 Å². The third-order valence-corrected chi connectivity index (χ3v) is 3.88. The first kappa shape index (κ1) is 16.3. The summed E-state index contributed by atoms with van der Waals surface area (Å²) >= 11 is 6.21. The van der Waals surface area contributed by atoms with Crippen LogP contribution < -0.4 is 9.47 Å². The first-order chi connectivity index (χ1) is 11.6. The van der Waals surface area contributed by atoms with Crippen LogP contribution in [0.5, 0.6) is 11.5 Å². The van der Waals surface area contributed by atoms with Crippen molar-refractivity contribution in [3.05, 3.63) is 59.2 Å². The van der Waals surface area contributed by atoms with Crippen molar-refractivity contribution in [3.8, 4) is 34.1 Å². The first-order valence-corrected chi connectivity index (χ1v) is 7.82. The van der Waals surface area contributed by atoms with E-state index in [0.29, 0.717) is 22.5 Å². The fraction of sp³-hybridized carbons (Fsp3) is 0.158. The van der Waals surface area contributed by atoms with E-state index in [1.807, 2.05) is 49.4 Å². The zero-order valence-corrected chi connectivity index (χ0v) is 14.5. The van der Waals surface area contributed by atoms with E-state index in [-0.39, 0.29) is 0 Å². The predicted molar refractivity (Wildman–Crippen MR) is 95.8 cm³/mol. The maximum atomic E-state index is 6.21. The molecule has 0 aliphatic heterocycles. The van der Waals surface area contributed by atoms with Gasteiger partial charge in [-0.1, -0.05) is 41.4 Å². The molecule has 2 aromatic carbocycles. The Balaban J connectivity index is 2.07. The summed E-state index contributed by atoms with van der Waals surface area (Å²) in [5.41, 5.74) is 3.77. The molecule has 1 heterocycles. The van der Waals surface area contributed by atoms with Crippen LogP contribution in [-0.2, 0) is 0 Å². The van der Waals surface area contributed by atoms with E-state index in [2.05, 4.69) is 9.97 Å². The minimum Gasteiger partial charge on any atom is -0.493 e. The molecular weight excluding hydrogens is 324 g/mol. The fourth-order valence-corrected chi connectivity index (χ4v) is 2.58. The van der Waals surface area contributed by atoms with Gasteiger partial charge in [-0.2, -0.15) is 0 Å². The number of hydrogen-bond donors (Lipinski definition) is 0. The summed E-state index contributed by atoms with van der Waals surface area (Å²) in [6.07, 6.45) is 0. The van der Waals surface area contributed by atoms with Gasteiger partial charge in [-0.15, -0.1) is 0 Å². The molecule has 3 rings (SSSR count). The molecule has 0 amide bonds. The van der Waals surface area contributed by atoms with E-state index in [1.54, 1.807) is 20.3 Å². The monoisotopic (exact) mass is 340 g/mol. The van der Waals surface area contributed by atoms with Crippen LogP contribution in [0.25, 0.3) is 22.6 Å². The molecule has 0 saturated carbocycles. The molecule has 3 aromatic rings. The number of rotatable bonds is 4. The molecular formula is C19H17ClN2O2. The van der Waals surface area contributed by atoms with E-state index in [0.717, 1.165) is 16.8 Å². The summed E-state index contributed by atoms with van der Waals surface area (Å²) in [5, 5.41) is 0.394. The average molecular weight is 341 g/mol. The zero-order valence-electron chi connectivity index (χ0n) is 13.7. The molecule has 0 bridgehead atoms. The van der Waals surface area contributed by atoms with Gasteiger partial charge in [0.05, 0.1) is 19.9 Å². The SMILES string of the molecule is COc1ccc(-c2nc(Cl)cc(-c3ccc(C)cc3)n2)cc1OC. The Morgan fingerprint density at radius 2 is 1.46 bits per heavy atom. The van der Waals surface area contributed by atoms with Crippen molar-refractivity contribution >= 4 is 11.6 Å². The highest BCUT2D eigenvalue weighted by atomic mass is 35.5. The lowest BCUT2D eigenvalue weighted by Gasteiger charge is -2.10. The van der Waals surface area contributed by atoms with Crippen molar-refractivity contribution in [2.75, 3.05) is 14.2 Å². The van der Waals surface area contributed by atoms with E-state index >= 15 is 0 Å². The summed E-state index contributed by atoms with van der Waals surface area (Å²) in [4.78, 5) is 8.98. The van der Waals surface area contributed by atoms with Crippen LogP contribution in [-0.4, -0.2) is 24.2 Å². The highest BCUT2D eigenvalue weighted by Gasteiger charge is 2.11. The second-order valence-corrected chi connectivity index (χ2v) is 5.72. The number of nitrogens with zero attached hydrogens (tertiary/aromatic N) is 2. The van der Waals surface area contributed by atoms with Crippen molar-refractivity contribution in [1.82, 2.24) is 9.97 Å². The van der Waals surface area contributed by atoms with Crippen LogP contribution in [0.15, 0.2) is 48.5 Å². The van der Waals surface area contributed by atoms with E-state index < -0.39 is 0 Å². The topological polar surface area (TPSA) is 44.2 Å². The molecule has 5 heteroatoms. The van der Waals surface area contributed by atoms with Gasteiger partial charge in [-0.05, 0) is 25.1 Å². The second-order valence-electron chi connectivity index (χ2n) is 5.34. The number of halogens is 1. The highest BCUT2D eigenvalue weighted by Crippen LogP contribution is 2.32. The van der Waals surface area contributed by atoms with E-state index in [4.69, 9.17) is 21.1 Å². The fourth-order valence-electron chi connectivity index (χ4n) is 2.39. The Kier molecular flexibility index (Phi) is 4.67. The lowest BCUT2D eigenvalue weighted by Crippen LogP contribution is -1.95. The maximum Gasteiger partial charge on any atom is 0.161 e. The molecule has 0 aliphatic rings. The van der Waals surface area contributed by atoms with Gasteiger partial charge in [-0.25, -0.2) is 9.97 Å². The van der Waals surface area contributed by atoms with Gasteiger partial charge in [-0.3, -0.25) is 0 Å². The third-order valence-electron chi connectivity index (χ3n) is 3.68. The van der Waals surface area contributed by atoms with Gasteiger partial charge in [0.2, 0.25) is 0 Å². The van der Waals surface area contributed by atoms with Crippen LogP contribution in [0, 0.1) is 6.92 Å². The van der Waals surface area contributed by atoms with Crippen molar-refractivity contribution in [2.45, 2.75) is 6.92 Å². The second kappa shape index (κ2) is 6.89. The molecule has 0 fully saturated rings. The Labute approximate surface area is 146 Å². The Morgan fingerprint density at radius 1 is 0.792 bits per heavy atom. The van der Waals surface area contributed by atoms with Crippen molar-refractivity contribution in [3.63, 3.8) is 0 Å². The number of methoxy groups -OCH3 is 2. The molecule has 0 atom stereocenters. The van der Waals surface area contributed by atoms with Gasteiger partial charge in [0.25, 0.3) is 0 Å². The van der Waals surface area contributed by atoms with Gasteiger partial charge in [0.15, 0.2) is 17.3 Å². The minimum absolute atomic E-state index is 0.394. The zero-order chi connectivity index (χ0) is 17.1. The molecule has 4 nitrogen and oxygen atoms in total. The molecule has 0 N–H and O–H groups in total. The lowest BCUT2D eigenvalue weighted by molar-refractivity contribution is 0.355. The molecule has 24 heavy (non-hydrogen) atoms. The predicted octanol–water partition coefficient (Wildman–Crippen LogP) is 4.79. The summed E-state index contributed by atoms with van der Waals surface area (Å²) in [6.45, 7) is 2.05. The molecule has 0 spiro atoms. The summed E-state index contributed by atoms with van der Waals surface area (Å²) < 4.78 is 10.6. The lowest BCUT2D eigenvalue weighted by atomic mass is 10.1. The standard InChI is InChI=1S/C19H17ClN2O2/c1-12-4-6-13(7-5-12)15-11-18(20)22-19(21-15)14-8-9-16(23-2)17(10-14)24-3/h4-11H,1-3H3. The van der Waals surface area contributed by atoms with Crippen molar-refractivity contribution in [1.29, 1.82) is 0 Å². The van der Waals surface area contributed by atoms with Gasteiger partial charge >= 0.3 is 0 Å². The molecule has 1 aromatic heterocycles. The van der Waals surface area contributed by atoms with E-state index in [1.165, 1.54) is 5.56 Å². The van der Waals surface area contributed by atoms with Crippen LogP contribution in [0.4, 0.5) is 0 Å². The molecule has 0 unspecified atom stereocenters. The van der Waals surface area contributed by atoms with Crippen LogP contribution in [0.2, 0.25) is 5.15 Å². The van der Waals surface area contributed by atoms with Crippen molar-refractivity contribution in [2.24, 2.45) is 0 Å². The normalized spacial score (nSPS) is 10.5. The quantitative estimate of drug-likeness (QED) is 0.640. The van der Waals surface area contributed by atoms with Crippen LogP contribution in [0.3, 0.4) is 0 Å².